The molecule has 1 aromatic carbocycles. The molecule has 15 heavy (non-hydrogen) atoms. The summed E-state index contributed by atoms with van der Waals surface area (Å²) in [5, 5.41) is 0. The topological polar surface area (TPSA) is 29.5 Å². The lowest BCUT2D eigenvalue weighted by Crippen LogP contribution is -2.20. The molecule has 0 bridgehead atoms. The summed E-state index contributed by atoms with van der Waals surface area (Å²) in [5.41, 5.74) is 0.993. The van der Waals surface area contributed by atoms with Crippen molar-refractivity contribution in [2.75, 3.05) is 27.2 Å². The second kappa shape index (κ2) is 6.19. The predicted molar refractivity (Wildman–Crippen MR) is 59.7 cm³/mol. The number of likely N-dealkylation sites (N-methyl/N-ethyl adjacent to an activating group) is 1. The molecule has 0 saturated heterocycles. The minimum atomic E-state index is -0.164. The van der Waals surface area contributed by atoms with Crippen LogP contribution in [0, 0.1) is 0 Å². The maximum absolute atomic E-state index is 11.4. The molecule has 1 aromatic rings. The lowest BCUT2D eigenvalue weighted by Gasteiger charge is -2.09. The molecule has 3 heteroatoms. The van der Waals surface area contributed by atoms with E-state index in [2.05, 4.69) is 0 Å². The Morgan fingerprint density at radius 2 is 1.93 bits per heavy atom. The van der Waals surface area contributed by atoms with Crippen LogP contribution < -0.4 is 0 Å². The summed E-state index contributed by atoms with van der Waals surface area (Å²) in [4.78, 5) is 13.3. The molecule has 0 aliphatic heterocycles. The number of ether oxygens (including phenoxy) is 1. The highest BCUT2D eigenvalue weighted by Crippen LogP contribution is 2.00. The molecule has 0 aliphatic rings. The molecule has 1 rings (SSSR count). The molecular formula is C12H17NO2. The van der Waals surface area contributed by atoms with E-state index in [9.17, 15) is 4.79 Å². The van der Waals surface area contributed by atoms with Crippen molar-refractivity contribution in [3.05, 3.63) is 35.9 Å². The Balaban J connectivity index is 2.25. The van der Waals surface area contributed by atoms with Crippen molar-refractivity contribution >= 4 is 5.97 Å². The van der Waals surface area contributed by atoms with E-state index in [-0.39, 0.29) is 5.97 Å². The number of esters is 1. The van der Waals surface area contributed by atoms with E-state index in [4.69, 9.17) is 4.74 Å². The molecule has 0 aliphatic carbocycles. The minimum Gasteiger partial charge on any atom is -0.464 e. The molecule has 82 valence electrons. The van der Waals surface area contributed by atoms with Crippen LogP contribution >= 0.6 is 0 Å². The lowest BCUT2D eigenvalue weighted by molar-refractivity contribution is -0.143. The number of hydrogen-bond donors (Lipinski definition) is 0. The van der Waals surface area contributed by atoms with Gasteiger partial charge in [-0.3, -0.25) is 4.79 Å². The first-order valence-electron chi connectivity index (χ1n) is 5.03. The molecule has 3 nitrogen and oxygen atoms in total. The second-order valence-corrected chi connectivity index (χ2v) is 3.69. The summed E-state index contributed by atoms with van der Waals surface area (Å²) in [7, 11) is 3.90. The molecule has 0 amide bonds. The number of carbonyl (C=O) groups is 1. The van der Waals surface area contributed by atoms with Gasteiger partial charge in [0, 0.05) is 6.54 Å². The van der Waals surface area contributed by atoms with Gasteiger partial charge in [0.25, 0.3) is 0 Å². The SMILES string of the molecule is CN(C)CCOC(=O)Cc1ccccc1. The number of carbonyl (C=O) groups excluding carboxylic acids is 1. The Labute approximate surface area is 90.7 Å². The smallest absolute Gasteiger partial charge is 0.310 e. The summed E-state index contributed by atoms with van der Waals surface area (Å²) in [6, 6.07) is 9.62. The first-order chi connectivity index (χ1) is 7.18. The quantitative estimate of drug-likeness (QED) is 0.682. The van der Waals surface area contributed by atoms with Gasteiger partial charge in [-0.2, -0.15) is 0 Å². The van der Waals surface area contributed by atoms with Gasteiger partial charge in [-0.05, 0) is 19.7 Å². The van der Waals surface area contributed by atoms with Gasteiger partial charge in [-0.25, -0.2) is 0 Å². The molecule has 0 heterocycles. The zero-order chi connectivity index (χ0) is 11.1. The molecule has 0 atom stereocenters. The fraction of sp³-hybridized carbons (Fsp3) is 0.417. The predicted octanol–water partition coefficient (Wildman–Crippen LogP) is 1.33. The van der Waals surface area contributed by atoms with E-state index in [0.717, 1.165) is 12.1 Å². The zero-order valence-corrected chi connectivity index (χ0v) is 9.27. The fourth-order valence-corrected chi connectivity index (χ4v) is 1.16. The van der Waals surface area contributed by atoms with Crippen molar-refractivity contribution in [2.45, 2.75) is 6.42 Å². The van der Waals surface area contributed by atoms with Crippen LogP contribution in [0.1, 0.15) is 5.56 Å². The van der Waals surface area contributed by atoms with Crippen LogP contribution in [0.2, 0.25) is 0 Å². The van der Waals surface area contributed by atoms with Crippen LogP contribution in [-0.4, -0.2) is 38.1 Å². The molecule has 0 N–H and O–H groups in total. The van der Waals surface area contributed by atoms with Gasteiger partial charge in [0.2, 0.25) is 0 Å². The Bertz CT molecular complexity index is 296. The Morgan fingerprint density at radius 1 is 1.27 bits per heavy atom. The Morgan fingerprint density at radius 3 is 2.53 bits per heavy atom. The summed E-state index contributed by atoms with van der Waals surface area (Å²) in [5.74, 6) is -0.164. The minimum absolute atomic E-state index is 0.164. The molecule has 0 aromatic heterocycles. The molecular weight excluding hydrogens is 190 g/mol. The zero-order valence-electron chi connectivity index (χ0n) is 9.27. The number of rotatable bonds is 5. The maximum atomic E-state index is 11.4. The molecule has 0 saturated carbocycles. The normalized spacial score (nSPS) is 10.3. The largest absolute Gasteiger partial charge is 0.464 e. The van der Waals surface area contributed by atoms with Crippen LogP contribution in [0.4, 0.5) is 0 Å². The van der Waals surface area contributed by atoms with Crippen LogP contribution in [0.25, 0.3) is 0 Å². The van der Waals surface area contributed by atoms with Gasteiger partial charge in [-0.1, -0.05) is 30.3 Å². The van der Waals surface area contributed by atoms with E-state index in [1.807, 2.05) is 49.3 Å². The van der Waals surface area contributed by atoms with Crippen LogP contribution in [0.3, 0.4) is 0 Å². The first kappa shape index (κ1) is 11.7. The molecule has 0 radical (unpaired) electrons. The summed E-state index contributed by atoms with van der Waals surface area (Å²) in [6.07, 6.45) is 0.355. The Hall–Kier alpha value is -1.35. The first-order valence-corrected chi connectivity index (χ1v) is 5.03. The van der Waals surface area contributed by atoms with Crippen LogP contribution in [0.15, 0.2) is 30.3 Å². The highest BCUT2D eigenvalue weighted by Gasteiger charge is 2.03. The van der Waals surface area contributed by atoms with Crippen molar-refractivity contribution < 1.29 is 9.53 Å². The average molecular weight is 207 g/mol. The highest BCUT2D eigenvalue weighted by atomic mass is 16.5. The van der Waals surface area contributed by atoms with E-state index >= 15 is 0 Å². The van der Waals surface area contributed by atoms with Crippen molar-refractivity contribution in [3.8, 4) is 0 Å². The third-order valence-electron chi connectivity index (χ3n) is 1.99. The fourth-order valence-electron chi connectivity index (χ4n) is 1.16. The van der Waals surface area contributed by atoms with Gasteiger partial charge >= 0.3 is 5.97 Å². The van der Waals surface area contributed by atoms with Gasteiger partial charge in [0.15, 0.2) is 0 Å². The van der Waals surface area contributed by atoms with E-state index in [0.29, 0.717) is 13.0 Å². The van der Waals surface area contributed by atoms with Crippen molar-refractivity contribution in [3.63, 3.8) is 0 Å². The van der Waals surface area contributed by atoms with Gasteiger partial charge in [0.05, 0.1) is 6.42 Å². The van der Waals surface area contributed by atoms with Gasteiger partial charge in [0.1, 0.15) is 6.61 Å². The van der Waals surface area contributed by atoms with E-state index in [1.54, 1.807) is 0 Å². The number of benzene rings is 1. The molecule has 0 fully saturated rings. The van der Waals surface area contributed by atoms with E-state index in [1.165, 1.54) is 0 Å². The third kappa shape index (κ3) is 5.18. The van der Waals surface area contributed by atoms with Crippen molar-refractivity contribution in [1.82, 2.24) is 4.90 Å². The average Bonchev–Trinajstić information content (AvgIpc) is 2.18. The highest BCUT2D eigenvalue weighted by molar-refractivity contribution is 5.72. The van der Waals surface area contributed by atoms with Crippen LogP contribution in [-0.2, 0) is 16.0 Å². The molecule has 0 spiro atoms. The van der Waals surface area contributed by atoms with Gasteiger partial charge < -0.3 is 9.64 Å². The summed E-state index contributed by atoms with van der Waals surface area (Å²) in [6.45, 7) is 1.22. The summed E-state index contributed by atoms with van der Waals surface area (Å²) >= 11 is 0. The van der Waals surface area contributed by atoms with Crippen LogP contribution in [0.5, 0.6) is 0 Å². The monoisotopic (exact) mass is 207 g/mol. The second-order valence-electron chi connectivity index (χ2n) is 3.69. The van der Waals surface area contributed by atoms with E-state index < -0.39 is 0 Å². The standard InChI is InChI=1S/C12H17NO2/c1-13(2)8-9-15-12(14)10-11-6-4-3-5-7-11/h3-7H,8-10H2,1-2H3. The molecule has 0 unspecified atom stereocenters. The summed E-state index contributed by atoms with van der Waals surface area (Å²) < 4.78 is 5.08. The lowest BCUT2D eigenvalue weighted by atomic mass is 10.2. The maximum Gasteiger partial charge on any atom is 0.310 e. The number of hydrogen-bond acceptors (Lipinski definition) is 3. The van der Waals surface area contributed by atoms with Gasteiger partial charge in [-0.15, -0.1) is 0 Å². The number of nitrogens with zero attached hydrogens (tertiary/aromatic N) is 1. The van der Waals surface area contributed by atoms with Crippen molar-refractivity contribution in [2.24, 2.45) is 0 Å². The van der Waals surface area contributed by atoms with Crippen molar-refractivity contribution in [1.29, 1.82) is 0 Å². The third-order valence-corrected chi connectivity index (χ3v) is 1.99. The Kier molecular flexibility index (Phi) is 4.84.